The van der Waals surface area contributed by atoms with Crippen LogP contribution in [0.3, 0.4) is 0 Å². The average Bonchev–Trinajstić information content (AvgIpc) is 2.44. The Balaban J connectivity index is 1.82. The van der Waals surface area contributed by atoms with Gasteiger partial charge in [0.15, 0.2) is 11.5 Å². The number of piperidine rings is 1. The Morgan fingerprint density at radius 1 is 1.11 bits per heavy atom. The molecule has 0 unspecified atom stereocenters. The topological polar surface area (TPSA) is 30.5 Å². The van der Waals surface area contributed by atoms with Crippen LogP contribution in [-0.4, -0.2) is 26.3 Å². The number of ether oxygens (including phenoxy) is 2. The van der Waals surface area contributed by atoms with Crippen molar-refractivity contribution in [1.29, 1.82) is 0 Å². The zero-order valence-electron chi connectivity index (χ0n) is 10.4. The molecule has 0 amide bonds. The largest absolute Gasteiger partial charge is 0.486 e. The predicted octanol–water partition coefficient (Wildman–Crippen LogP) is 2.65. The van der Waals surface area contributed by atoms with Crippen molar-refractivity contribution in [3.63, 3.8) is 0 Å². The molecule has 98 valence electrons. The van der Waals surface area contributed by atoms with E-state index in [1.165, 1.54) is 18.4 Å². The molecule has 2 heterocycles. The number of nitrogens with one attached hydrogen (secondary N) is 1. The van der Waals surface area contributed by atoms with Crippen LogP contribution in [0.25, 0.3) is 0 Å². The molecule has 0 aromatic heterocycles. The Morgan fingerprint density at radius 3 is 2.61 bits per heavy atom. The first kappa shape index (κ1) is 12.1. The summed E-state index contributed by atoms with van der Waals surface area (Å²) >= 11 is 6.14. The van der Waals surface area contributed by atoms with Gasteiger partial charge in [0.25, 0.3) is 0 Å². The molecule has 1 fully saturated rings. The van der Waals surface area contributed by atoms with Crippen LogP contribution in [0, 0.1) is 5.92 Å². The number of halogens is 1. The summed E-state index contributed by atoms with van der Waals surface area (Å²) in [6.45, 7) is 3.45. The third-order valence-electron chi connectivity index (χ3n) is 3.69. The zero-order valence-corrected chi connectivity index (χ0v) is 11.1. The molecular weight excluding hydrogens is 250 g/mol. The highest BCUT2D eigenvalue weighted by atomic mass is 35.5. The number of hydrogen-bond acceptors (Lipinski definition) is 3. The summed E-state index contributed by atoms with van der Waals surface area (Å²) in [6, 6.07) is 4.00. The van der Waals surface area contributed by atoms with E-state index < -0.39 is 0 Å². The van der Waals surface area contributed by atoms with Gasteiger partial charge in [-0.05, 0) is 49.9 Å². The van der Waals surface area contributed by atoms with Crippen LogP contribution in [-0.2, 0) is 6.42 Å². The van der Waals surface area contributed by atoms with E-state index in [1.54, 1.807) is 0 Å². The van der Waals surface area contributed by atoms with Crippen molar-refractivity contribution in [2.45, 2.75) is 19.3 Å². The first-order valence-electron chi connectivity index (χ1n) is 6.62. The minimum absolute atomic E-state index is 0.587. The van der Waals surface area contributed by atoms with Crippen molar-refractivity contribution >= 4 is 11.6 Å². The van der Waals surface area contributed by atoms with Gasteiger partial charge in [0, 0.05) is 0 Å². The second-order valence-corrected chi connectivity index (χ2v) is 5.37. The summed E-state index contributed by atoms with van der Waals surface area (Å²) < 4.78 is 11.4. The summed E-state index contributed by atoms with van der Waals surface area (Å²) in [7, 11) is 0. The quantitative estimate of drug-likeness (QED) is 0.894. The molecule has 1 N–H and O–H groups in total. The van der Waals surface area contributed by atoms with E-state index in [4.69, 9.17) is 21.1 Å². The molecule has 18 heavy (non-hydrogen) atoms. The molecule has 0 bridgehead atoms. The lowest BCUT2D eigenvalue weighted by Crippen LogP contribution is -2.29. The van der Waals surface area contributed by atoms with Gasteiger partial charge >= 0.3 is 0 Å². The van der Waals surface area contributed by atoms with Crippen LogP contribution < -0.4 is 14.8 Å². The molecule has 1 saturated heterocycles. The van der Waals surface area contributed by atoms with E-state index in [1.807, 2.05) is 6.07 Å². The normalized spacial score (nSPS) is 19.8. The highest BCUT2D eigenvalue weighted by molar-refractivity contribution is 6.32. The van der Waals surface area contributed by atoms with Gasteiger partial charge in [-0.25, -0.2) is 0 Å². The number of rotatable bonds is 2. The van der Waals surface area contributed by atoms with Crippen LogP contribution in [0.15, 0.2) is 12.1 Å². The molecule has 0 radical (unpaired) electrons. The Morgan fingerprint density at radius 2 is 1.83 bits per heavy atom. The molecule has 0 atom stereocenters. The van der Waals surface area contributed by atoms with E-state index in [2.05, 4.69) is 11.4 Å². The molecule has 0 aliphatic carbocycles. The fourth-order valence-corrected chi connectivity index (χ4v) is 2.92. The predicted molar refractivity (Wildman–Crippen MR) is 71.7 cm³/mol. The van der Waals surface area contributed by atoms with E-state index in [0.29, 0.717) is 18.2 Å². The first-order chi connectivity index (χ1) is 8.84. The molecule has 2 aliphatic rings. The van der Waals surface area contributed by atoms with Crippen molar-refractivity contribution in [1.82, 2.24) is 5.32 Å². The van der Waals surface area contributed by atoms with Crippen molar-refractivity contribution in [2.24, 2.45) is 5.92 Å². The molecule has 3 rings (SSSR count). The fourth-order valence-electron chi connectivity index (χ4n) is 2.72. The lowest BCUT2D eigenvalue weighted by atomic mass is 9.90. The van der Waals surface area contributed by atoms with Crippen molar-refractivity contribution in [3.05, 3.63) is 22.7 Å². The monoisotopic (exact) mass is 267 g/mol. The maximum absolute atomic E-state index is 6.14. The second kappa shape index (κ2) is 5.37. The molecule has 0 saturated carbocycles. The zero-order chi connectivity index (χ0) is 12.4. The SMILES string of the molecule is Clc1ccc(CC2CCNCC2)c2c1OCCO2. The lowest BCUT2D eigenvalue weighted by molar-refractivity contribution is 0.169. The maximum atomic E-state index is 6.14. The molecule has 1 aromatic carbocycles. The Bertz CT molecular complexity index is 430. The van der Waals surface area contributed by atoms with Gasteiger partial charge in [0.1, 0.15) is 13.2 Å². The highest BCUT2D eigenvalue weighted by Gasteiger charge is 2.22. The molecule has 4 heteroatoms. The summed E-state index contributed by atoms with van der Waals surface area (Å²) in [5, 5.41) is 4.05. The van der Waals surface area contributed by atoms with Crippen LogP contribution in [0.1, 0.15) is 18.4 Å². The lowest BCUT2D eigenvalue weighted by Gasteiger charge is -2.26. The summed E-state index contributed by atoms with van der Waals surface area (Å²) in [4.78, 5) is 0. The van der Waals surface area contributed by atoms with Gasteiger partial charge in [0.05, 0.1) is 5.02 Å². The Kier molecular flexibility index (Phi) is 3.62. The van der Waals surface area contributed by atoms with E-state index in [9.17, 15) is 0 Å². The smallest absolute Gasteiger partial charge is 0.180 e. The maximum Gasteiger partial charge on any atom is 0.180 e. The van der Waals surface area contributed by atoms with E-state index >= 15 is 0 Å². The standard InChI is InChI=1S/C14H18ClNO2/c15-12-2-1-11(9-10-3-5-16-6-4-10)13-14(12)18-8-7-17-13/h1-2,10,16H,3-9H2. The Labute approximate surface area is 112 Å². The summed E-state index contributed by atoms with van der Waals surface area (Å²) in [5.74, 6) is 2.34. The Hall–Kier alpha value is -0.930. The number of benzene rings is 1. The van der Waals surface area contributed by atoms with Crippen molar-refractivity contribution < 1.29 is 9.47 Å². The van der Waals surface area contributed by atoms with E-state index in [-0.39, 0.29) is 0 Å². The minimum Gasteiger partial charge on any atom is -0.486 e. The molecule has 1 aromatic rings. The van der Waals surface area contributed by atoms with Gasteiger partial charge in [-0.2, -0.15) is 0 Å². The second-order valence-electron chi connectivity index (χ2n) is 4.96. The third kappa shape index (κ3) is 2.43. The van der Waals surface area contributed by atoms with Gasteiger partial charge in [-0.15, -0.1) is 0 Å². The van der Waals surface area contributed by atoms with Crippen molar-refractivity contribution in [2.75, 3.05) is 26.3 Å². The number of hydrogen-bond donors (Lipinski definition) is 1. The molecular formula is C14H18ClNO2. The van der Waals surface area contributed by atoms with Crippen molar-refractivity contribution in [3.8, 4) is 11.5 Å². The van der Waals surface area contributed by atoms with Gasteiger partial charge < -0.3 is 14.8 Å². The van der Waals surface area contributed by atoms with Crippen LogP contribution in [0.2, 0.25) is 5.02 Å². The fraction of sp³-hybridized carbons (Fsp3) is 0.571. The van der Waals surface area contributed by atoms with Gasteiger partial charge in [0.2, 0.25) is 0 Å². The minimum atomic E-state index is 0.587. The average molecular weight is 268 g/mol. The third-order valence-corrected chi connectivity index (χ3v) is 3.99. The molecule has 3 nitrogen and oxygen atoms in total. The first-order valence-corrected chi connectivity index (χ1v) is 7.00. The summed E-state index contributed by atoms with van der Waals surface area (Å²) in [6.07, 6.45) is 3.53. The van der Waals surface area contributed by atoms with Crippen LogP contribution in [0.4, 0.5) is 0 Å². The van der Waals surface area contributed by atoms with E-state index in [0.717, 1.165) is 36.9 Å². The van der Waals surface area contributed by atoms with Gasteiger partial charge in [-0.1, -0.05) is 17.7 Å². The molecule has 0 spiro atoms. The number of fused-ring (bicyclic) bond motifs is 1. The summed E-state index contributed by atoms with van der Waals surface area (Å²) in [5.41, 5.74) is 1.24. The van der Waals surface area contributed by atoms with Crippen LogP contribution in [0.5, 0.6) is 11.5 Å². The molecule has 2 aliphatic heterocycles. The van der Waals surface area contributed by atoms with Gasteiger partial charge in [-0.3, -0.25) is 0 Å². The highest BCUT2D eigenvalue weighted by Crippen LogP contribution is 2.41. The van der Waals surface area contributed by atoms with Crippen LogP contribution >= 0.6 is 11.6 Å².